The summed E-state index contributed by atoms with van der Waals surface area (Å²) in [7, 11) is 1.66. The second kappa shape index (κ2) is 5.41. The molecule has 0 unspecified atom stereocenters. The number of ether oxygens (including phenoxy) is 1. The number of nitrogens with two attached hydrogens (primary N) is 1. The maximum absolute atomic E-state index is 5.86. The molecule has 21 heavy (non-hydrogen) atoms. The van der Waals surface area contributed by atoms with Gasteiger partial charge in [-0.15, -0.1) is 0 Å². The molecule has 0 amide bonds. The summed E-state index contributed by atoms with van der Waals surface area (Å²) >= 11 is 3.47. The predicted molar refractivity (Wildman–Crippen MR) is 89.5 cm³/mol. The van der Waals surface area contributed by atoms with E-state index in [4.69, 9.17) is 15.5 Å². The molecule has 0 bridgehead atoms. The summed E-state index contributed by atoms with van der Waals surface area (Å²) in [5, 5.41) is 0. The Kier molecular flexibility index (Phi) is 3.59. The number of imidazole rings is 1. The number of hydrogen-bond donors (Lipinski definition) is 1. The van der Waals surface area contributed by atoms with Crippen LogP contribution in [0.5, 0.6) is 5.75 Å². The van der Waals surface area contributed by atoms with Crippen LogP contribution in [0.2, 0.25) is 0 Å². The number of rotatable bonds is 3. The first-order valence-corrected chi connectivity index (χ1v) is 7.53. The van der Waals surface area contributed by atoms with Gasteiger partial charge >= 0.3 is 0 Å². The molecule has 4 nitrogen and oxygen atoms in total. The fourth-order valence-corrected chi connectivity index (χ4v) is 2.82. The van der Waals surface area contributed by atoms with Crippen molar-refractivity contribution in [3.05, 3.63) is 40.9 Å². The molecular formula is C16H16BrN3O. The number of fused-ring (bicyclic) bond motifs is 1. The van der Waals surface area contributed by atoms with Crippen molar-refractivity contribution in [2.45, 2.75) is 13.5 Å². The average Bonchev–Trinajstić information content (AvgIpc) is 2.87. The van der Waals surface area contributed by atoms with Crippen molar-refractivity contribution in [2.75, 3.05) is 12.8 Å². The monoisotopic (exact) mass is 345 g/mol. The summed E-state index contributed by atoms with van der Waals surface area (Å²) in [4.78, 5) is 4.75. The highest BCUT2D eigenvalue weighted by atomic mass is 79.9. The minimum Gasteiger partial charge on any atom is -0.497 e. The van der Waals surface area contributed by atoms with Crippen molar-refractivity contribution in [2.24, 2.45) is 0 Å². The van der Waals surface area contributed by atoms with Gasteiger partial charge in [0.15, 0.2) is 0 Å². The SMILES string of the molecule is CCn1c(-c2ccc(N)c(Br)c2)nc2cc(OC)ccc21. The van der Waals surface area contributed by atoms with Crippen LogP contribution in [0.3, 0.4) is 0 Å². The molecule has 2 aromatic carbocycles. The minimum absolute atomic E-state index is 0.722. The number of aromatic nitrogens is 2. The highest BCUT2D eigenvalue weighted by molar-refractivity contribution is 9.10. The van der Waals surface area contributed by atoms with Crippen LogP contribution in [0.4, 0.5) is 5.69 Å². The van der Waals surface area contributed by atoms with Crippen molar-refractivity contribution in [1.82, 2.24) is 9.55 Å². The Labute approximate surface area is 131 Å². The van der Waals surface area contributed by atoms with E-state index in [9.17, 15) is 0 Å². The van der Waals surface area contributed by atoms with Gasteiger partial charge in [-0.1, -0.05) is 0 Å². The molecule has 3 aromatic rings. The Morgan fingerprint density at radius 1 is 1.24 bits per heavy atom. The number of halogens is 1. The number of nitrogens with zero attached hydrogens (tertiary/aromatic N) is 2. The van der Waals surface area contributed by atoms with Gasteiger partial charge in [0.1, 0.15) is 11.6 Å². The smallest absolute Gasteiger partial charge is 0.141 e. The quantitative estimate of drug-likeness (QED) is 0.727. The fourth-order valence-electron chi connectivity index (χ4n) is 2.44. The molecule has 108 valence electrons. The molecule has 0 aliphatic carbocycles. The summed E-state index contributed by atoms with van der Waals surface area (Å²) in [5.74, 6) is 1.75. The van der Waals surface area contributed by atoms with Gasteiger partial charge in [0.05, 0.1) is 18.1 Å². The molecule has 2 N–H and O–H groups in total. The Morgan fingerprint density at radius 3 is 2.71 bits per heavy atom. The fraction of sp³-hybridized carbons (Fsp3) is 0.188. The lowest BCUT2D eigenvalue weighted by Gasteiger charge is -2.07. The molecule has 0 aliphatic rings. The van der Waals surface area contributed by atoms with E-state index in [1.807, 2.05) is 36.4 Å². The van der Waals surface area contributed by atoms with Crippen LogP contribution in [0.1, 0.15) is 6.92 Å². The van der Waals surface area contributed by atoms with E-state index in [1.165, 1.54) is 0 Å². The van der Waals surface area contributed by atoms with Crippen molar-refractivity contribution >= 4 is 32.7 Å². The molecule has 0 spiro atoms. The Hall–Kier alpha value is -2.01. The van der Waals surface area contributed by atoms with Crippen molar-refractivity contribution in [3.8, 4) is 17.1 Å². The van der Waals surface area contributed by atoms with Crippen molar-refractivity contribution in [3.63, 3.8) is 0 Å². The molecule has 1 heterocycles. The van der Waals surface area contributed by atoms with Crippen LogP contribution in [-0.4, -0.2) is 16.7 Å². The summed E-state index contributed by atoms with van der Waals surface area (Å²) < 4.78 is 8.34. The first-order valence-electron chi connectivity index (χ1n) is 6.73. The van der Waals surface area contributed by atoms with Crippen LogP contribution in [0.25, 0.3) is 22.4 Å². The average molecular weight is 346 g/mol. The van der Waals surface area contributed by atoms with Crippen LogP contribution < -0.4 is 10.5 Å². The number of aryl methyl sites for hydroxylation is 1. The van der Waals surface area contributed by atoms with Gasteiger partial charge in [0.2, 0.25) is 0 Å². The molecule has 3 rings (SSSR count). The zero-order chi connectivity index (χ0) is 15.0. The van der Waals surface area contributed by atoms with Crippen LogP contribution in [-0.2, 0) is 6.54 Å². The number of nitrogen functional groups attached to an aromatic ring is 1. The van der Waals surface area contributed by atoms with E-state index in [1.54, 1.807) is 7.11 Å². The van der Waals surface area contributed by atoms with E-state index in [2.05, 4.69) is 27.4 Å². The second-order valence-corrected chi connectivity index (χ2v) is 5.62. The van der Waals surface area contributed by atoms with Gasteiger partial charge < -0.3 is 15.0 Å². The normalized spacial score (nSPS) is 11.0. The van der Waals surface area contributed by atoms with Gasteiger partial charge in [-0.3, -0.25) is 0 Å². The van der Waals surface area contributed by atoms with Gasteiger partial charge in [-0.05, 0) is 53.2 Å². The zero-order valence-electron chi connectivity index (χ0n) is 11.9. The van der Waals surface area contributed by atoms with Crippen LogP contribution >= 0.6 is 15.9 Å². The van der Waals surface area contributed by atoms with Gasteiger partial charge in [-0.2, -0.15) is 0 Å². The van der Waals surface area contributed by atoms with Gasteiger partial charge in [0.25, 0.3) is 0 Å². The highest BCUT2D eigenvalue weighted by Gasteiger charge is 2.13. The molecule has 5 heteroatoms. The van der Waals surface area contributed by atoms with E-state index >= 15 is 0 Å². The first-order chi connectivity index (χ1) is 10.1. The molecule has 0 fully saturated rings. The Morgan fingerprint density at radius 2 is 2.05 bits per heavy atom. The second-order valence-electron chi connectivity index (χ2n) is 4.77. The highest BCUT2D eigenvalue weighted by Crippen LogP contribution is 2.30. The zero-order valence-corrected chi connectivity index (χ0v) is 13.5. The van der Waals surface area contributed by atoms with Crippen LogP contribution in [0.15, 0.2) is 40.9 Å². The summed E-state index contributed by atoms with van der Waals surface area (Å²) in [6.07, 6.45) is 0. The molecule has 0 atom stereocenters. The number of methoxy groups -OCH3 is 1. The van der Waals surface area contributed by atoms with E-state index in [0.717, 1.165) is 44.9 Å². The summed E-state index contributed by atoms with van der Waals surface area (Å²) in [6, 6.07) is 11.8. The molecule has 0 saturated heterocycles. The van der Waals surface area contributed by atoms with Crippen molar-refractivity contribution < 1.29 is 4.74 Å². The third kappa shape index (κ3) is 2.38. The maximum atomic E-state index is 5.86. The molecule has 0 radical (unpaired) electrons. The summed E-state index contributed by atoms with van der Waals surface area (Å²) in [6.45, 7) is 2.96. The minimum atomic E-state index is 0.722. The lowest BCUT2D eigenvalue weighted by Crippen LogP contribution is -1.98. The third-order valence-electron chi connectivity index (χ3n) is 3.53. The lowest BCUT2D eigenvalue weighted by molar-refractivity contribution is 0.415. The van der Waals surface area contributed by atoms with Crippen LogP contribution in [0, 0.1) is 0 Å². The lowest BCUT2D eigenvalue weighted by atomic mass is 10.2. The van der Waals surface area contributed by atoms with Gasteiger partial charge in [0, 0.05) is 28.3 Å². The molecule has 0 aliphatic heterocycles. The Bertz CT molecular complexity index is 811. The third-order valence-corrected chi connectivity index (χ3v) is 4.22. The number of anilines is 1. The van der Waals surface area contributed by atoms with E-state index < -0.39 is 0 Å². The van der Waals surface area contributed by atoms with E-state index in [0.29, 0.717) is 0 Å². The first kappa shape index (κ1) is 13.9. The largest absolute Gasteiger partial charge is 0.497 e. The predicted octanol–water partition coefficient (Wildman–Crippen LogP) is 4.08. The molecular weight excluding hydrogens is 330 g/mol. The summed E-state index contributed by atoms with van der Waals surface area (Å²) in [5.41, 5.74) is 9.64. The van der Waals surface area contributed by atoms with Gasteiger partial charge in [-0.25, -0.2) is 4.98 Å². The number of benzene rings is 2. The van der Waals surface area contributed by atoms with E-state index in [-0.39, 0.29) is 0 Å². The maximum Gasteiger partial charge on any atom is 0.141 e. The standard InChI is InChI=1S/C16H16BrN3O/c1-3-20-15-7-5-11(21-2)9-14(15)19-16(20)10-4-6-13(18)12(17)8-10/h4-9H,3,18H2,1-2H3. The topological polar surface area (TPSA) is 53.1 Å². The molecule has 1 aromatic heterocycles. The Balaban J connectivity index is 2.23. The number of hydrogen-bond acceptors (Lipinski definition) is 3. The van der Waals surface area contributed by atoms with Crippen molar-refractivity contribution in [1.29, 1.82) is 0 Å². The molecule has 0 saturated carbocycles.